The second-order valence-corrected chi connectivity index (χ2v) is 7.23. The Morgan fingerprint density at radius 1 is 1.26 bits per heavy atom. The van der Waals surface area contributed by atoms with Gasteiger partial charge in [-0.2, -0.15) is 4.31 Å². The van der Waals surface area contributed by atoms with Gasteiger partial charge in [-0.3, -0.25) is 15.0 Å². The van der Waals surface area contributed by atoms with Gasteiger partial charge in [0.05, 0.1) is 22.5 Å². The highest BCUT2D eigenvalue weighted by molar-refractivity contribution is 7.89. The van der Waals surface area contributed by atoms with Crippen molar-refractivity contribution in [3.05, 3.63) is 34.4 Å². The molecule has 1 heterocycles. The third-order valence-electron chi connectivity index (χ3n) is 3.68. The standard InChI is InChI=1S/C13H19N3O6S/c17-10-12(18)9-14-4-6-15(7-5-14)23(21,22)13-3-1-2-11(8-13)16(19)20/h1-3,8,12,17-18H,4-7,9-10H2/t12-/m1/s1. The first-order valence-corrected chi connectivity index (χ1v) is 8.54. The van der Waals surface area contributed by atoms with Crippen LogP contribution in [0.15, 0.2) is 29.2 Å². The van der Waals surface area contributed by atoms with Crippen molar-refractivity contribution >= 4 is 15.7 Å². The van der Waals surface area contributed by atoms with Crippen LogP contribution < -0.4 is 0 Å². The van der Waals surface area contributed by atoms with Crippen molar-refractivity contribution in [1.29, 1.82) is 0 Å². The van der Waals surface area contributed by atoms with Gasteiger partial charge in [-0.1, -0.05) is 6.07 Å². The molecule has 0 amide bonds. The van der Waals surface area contributed by atoms with Crippen molar-refractivity contribution < 1.29 is 23.6 Å². The first kappa shape index (κ1) is 17.8. The summed E-state index contributed by atoms with van der Waals surface area (Å²) in [4.78, 5) is 11.9. The van der Waals surface area contributed by atoms with Gasteiger partial charge in [0, 0.05) is 44.9 Å². The number of nitro groups is 1. The average Bonchev–Trinajstić information content (AvgIpc) is 2.55. The molecule has 1 aromatic carbocycles. The van der Waals surface area contributed by atoms with Crippen LogP contribution in [0.1, 0.15) is 0 Å². The minimum atomic E-state index is -3.79. The zero-order valence-electron chi connectivity index (χ0n) is 12.4. The number of sulfonamides is 1. The summed E-state index contributed by atoms with van der Waals surface area (Å²) < 4.78 is 26.4. The average molecular weight is 345 g/mol. The molecule has 1 aliphatic rings. The third-order valence-corrected chi connectivity index (χ3v) is 5.57. The van der Waals surface area contributed by atoms with Gasteiger partial charge in [-0.05, 0) is 6.07 Å². The van der Waals surface area contributed by atoms with Crippen LogP contribution in [-0.4, -0.2) is 78.2 Å². The Bertz CT molecular complexity index is 657. The predicted octanol–water partition coefficient (Wildman–Crippen LogP) is -0.746. The van der Waals surface area contributed by atoms with Gasteiger partial charge in [0.15, 0.2) is 0 Å². The van der Waals surface area contributed by atoms with Crippen molar-refractivity contribution in [2.24, 2.45) is 0 Å². The van der Waals surface area contributed by atoms with E-state index in [0.29, 0.717) is 13.1 Å². The molecule has 0 spiro atoms. The molecule has 1 saturated heterocycles. The van der Waals surface area contributed by atoms with Gasteiger partial charge in [0.25, 0.3) is 5.69 Å². The molecule has 128 valence electrons. The molecule has 0 bridgehead atoms. The van der Waals surface area contributed by atoms with E-state index in [9.17, 15) is 23.6 Å². The van der Waals surface area contributed by atoms with E-state index in [1.165, 1.54) is 22.5 Å². The highest BCUT2D eigenvalue weighted by Gasteiger charge is 2.29. The summed E-state index contributed by atoms with van der Waals surface area (Å²) in [5.74, 6) is 0. The number of β-amino-alcohol motifs (C(OH)–C–C–N with tert-alkyl or cyclic N) is 1. The maximum absolute atomic E-state index is 12.5. The van der Waals surface area contributed by atoms with Crippen LogP contribution >= 0.6 is 0 Å². The van der Waals surface area contributed by atoms with Crippen molar-refractivity contribution in [2.45, 2.75) is 11.0 Å². The van der Waals surface area contributed by atoms with Gasteiger partial charge in [-0.15, -0.1) is 0 Å². The lowest BCUT2D eigenvalue weighted by Crippen LogP contribution is -2.50. The van der Waals surface area contributed by atoms with Crippen LogP contribution in [0.4, 0.5) is 5.69 Å². The van der Waals surface area contributed by atoms with Crippen LogP contribution in [0.3, 0.4) is 0 Å². The van der Waals surface area contributed by atoms with Gasteiger partial charge in [-0.25, -0.2) is 8.42 Å². The molecule has 0 aliphatic carbocycles. The Morgan fingerprint density at radius 2 is 1.91 bits per heavy atom. The van der Waals surface area contributed by atoms with E-state index in [-0.39, 0.29) is 36.8 Å². The molecule has 10 heteroatoms. The molecule has 2 N–H and O–H groups in total. The molecule has 0 radical (unpaired) electrons. The lowest BCUT2D eigenvalue weighted by atomic mass is 10.3. The first-order chi connectivity index (χ1) is 10.8. The number of hydrogen-bond donors (Lipinski definition) is 2. The highest BCUT2D eigenvalue weighted by atomic mass is 32.2. The summed E-state index contributed by atoms with van der Waals surface area (Å²) in [6.07, 6.45) is -0.852. The fraction of sp³-hybridized carbons (Fsp3) is 0.538. The third kappa shape index (κ3) is 4.24. The maximum Gasteiger partial charge on any atom is 0.270 e. The molecule has 9 nitrogen and oxygen atoms in total. The monoisotopic (exact) mass is 345 g/mol. The summed E-state index contributed by atoms with van der Waals surface area (Å²) in [5.41, 5.74) is -0.268. The molecule has 23 heavy (non-hydrogen) atoms. The van der Waals surface area contributed by atoms with E-state index in [4.69, 9.17) is 5.11 Å². The van der Waals surface area contributed by atoms with Crippen LogP contribution in [0.5, 0.6) is 0 Å². The van der Waals surface area contributed by atoms with Crippen molar-refractivity contribution in [3.8, 4) is 0 Å². The van der Waals surface area contributed by atoms with Crippen LogP contribution in [0.25, 0.3) is 0 Å². The molecule has 0 aromatic heterocycles. The number of benzene rings is 1. The second-order valence-electron chi connectivity index (χ2n) is 5.30. The van der Waals surface area contributed by atoms with Gasteiger partial charge < -0.3 is 10.2 Å². The Morgan fingerprint density at radius 3 is 2.48 bits per heavy atom. The molecule has 1 aromatic rings. The second kappa shape index (κ2) is 7.32. The fourth-order valence-electron chi connectivity index (χ4n) is 2.41. The Labute approximate surface area is 134 Å². The van der Waals surface area contributed by atoms with Crippen molar-refractivity contribution in [1.82, 2.24) is 9.21 Å². The fourth-order valence-corrected chi connectivity index (χ4v) is 3.88. The molecule has 0 saturated carbocycles. The van der Waals surface area contributed by atoms with Gasteiger partial charge >= 0.3 is 0 Å². The molecule has 2 rings (SSSR count). The smallest absolute Gasteiger partial charge is 0.270 e. The number of nitro benzene ring substituents is 1. The van der Waals surface area contributed by atoms with Gasteiger partial charge in [0.2, 0.25) is 10.0 Å². The summed E-state index contributed by atoms with van der Waals surface area (Å²) in [6, 6.07) is 4.98. The number of non-ortho nitro benzene ring substituents is 1. The largest absolute Gasteiger partial charge is 0.394 e. The van der Waals surface area contributed by atoms with E-state index in [0.717, 1.165) is 6.07 Å². The lowest BCUT2D eigenvalue weighted by molar-refractivity contribution is -0.385. The number of hydrogen-bond acceptors (Lipinski definition) is 7. The van der Waals surface area contributed by atoms with E-state index >= 15 is 0 Å². The molecule has 1 aliphatic heterocycles. The maximum atomic E-state index is 12.5. The van der Waals surface area contributed by atoms with Crippen LogP contribution in [-0.2, 0) is 10.0 Å². The number of nitrogens with zero attached hydrogens (tertiary/aromatic N) is 3. The normalized spacial score (nSPS) is 18.7. The molecular weight excluding hydrogens is 326 g/mol. The number of aliphatic hydroxyl groups is 2. The Kier molecular flexibility index (Phi) is 5.65. The zero-order chi connectivity index (χ0) is 17.0. The summed E-state index contributed by atoms with van der Waals surface area (Å²) in [6.45, 7) is 1.23. The minimum absolute atomic E-state index is 0.101. The Hall–Kier alpha value is -1.59. The zero-order valence-corrected chi connectivity index (χ0v) is 13.2. The van der Waals surface area contributed by atoms with E-state index < -0.39 is 21.1 Å². The summed E-state index contributed by atoms with van der Waals surface area (Å²) in [5, 5.41) is 29.0. The first-order valence-electron chi connectivity index (χ1n) is 7.10. The molecule has 0 unspecified atom stereocenters. The topological polar surface area (TPSA) is 124 Å². The van der Waals surface area contributed by atoms with E-state index in [1.807, 2.05) is 4.90 Å². The van der Waals surface area contributed by atoms with E-state index in [1.54, 1.807) is 0 Å². The summed E-state index contributed by atoms with van der Waals surface area (Å²) >= 11 is 0. The number of aliphatic hydroxyl groups excluding tert-OH is 2. The number of rotatable bonds is 6. The predicted molar refractivity (Wildman–Crippen MR) is 81.4 cm³/mol. The minimum Gasteiger partial charge on any atom is -0.394 e. The van der Waals surface area contributed by atoms with Crippen LogP contribution in [0.2, 0.25) is 0 Å². The molecule has 1 fully saturated rings. The van der Waals surface area contributed by atoms with Crippen LogP contribution in [0, 0.1) is 10.1 Å². The highest BCUT2D eigenvalue weighted by Crippen LogP contribution is 2.22. The summed E-state index contributed by atoms with van der Waals surface area (Å²) in [7, 11) is -3.79. The molecule has 1 atom stereocenters. The van der Waals surface area contributed by atoms with E-state index in [2.05, 4.69) is 0 Å². The van der Waals surface area contributed by atoms with Gasteiger partial charge in [0.1, 0.15) is 0 Å². The van der Waals surface area contributed by atoms with Crippen molar-refractivity contribution in [3.63, 3.8) is 0 Å². The SMILES string of the molecule is O=[N+]([O-])c1cccc(S(=O)(=O)N2CCN(C[C@@H](O)CO)CC2)c1. The quantitative estimate of drug-likeness (QED) is 0.513. The molecular formula is C13H19N3O6S. The lowest BCUT2D eigenvalue weighted by Gasteiger charge is -2.34. The van der Waals surface area contributed by atoms with Crippen molar-refractivity contribution in [2.75, 3.05) is 39.3 Å². The Balaban J connectivity index is 2.07. The number of piperazine rings is 1.